The van der Waals surface area contributed by atoms with Crippen molar-refractivity contribution in [1.82, 2.24) is 14.9 Å². The number of aryl methyl sites for hydroxylation is 2. The number of fused-ring (bicyclic) bond motifs is 1. The number of anilines is 1. The summed E-state index contributed by atoms with van der Waals surface area (Å²) in [5.41, 5.74) is 3.62. The lowest BCUT2D eigenvalue weighted by Gasteiger charge is -2.36. The van der Waals surface area contributed by atoms with E-state index < -0.39 is 15.7 Å². The van der Waals surface area contributed by atoms with E-state index in [0.29, 0.717) is 43.0 Å². The summed E-state index contributed by atoms with van der Waals surface area (Å²) in [5, 5.41) is 0. The largest absolute Gasteiger partial charge is 0.461 e. The predicted molar refractivity (Wildman–Crippen MR) is 114 cm³/mol. The van der Waals surface area contributed by atoms with E-state index in [-0.39, 0.29) is 12.3 Å². The number of nitrogens with zero attached hydrogens (tertiary/aromatic N) is 4. The van der Waals surface area contributed by atoms with E-state index in [1.807, 2.05) is 30.9 Å². The van der Waals surface area contributed by atoms with Gasteiger partial charge in [0.2, 0.25) is 0 Å². The Balaban J connectivity index is 1.95. The second kappa shape index (κ2) is 8.50. The third kappa shape index (κ3) is 4.68. The van der Waals surface area contributed by atoms with Crippen molar-refractivity contribution in [2.75, 3.05) is 37.7 Å². The third-order valence-corrected chi connectivity index (χ3v) is 5.32. The van der Waals surface area contributed by atoms with E-state index in [1.165, 1.54) is 4.90 Å². The number of esters is 1. The van der Waals surface area contributed by atoms with Gasteiger partial charge in [-0.2, -0.15) is 0 Å². The zero-order valence-corrected chi connectivity index (χ0v) is 18.6. The predicted octanol–water partition coefficient (Wildman–Crippen LogP) is 3.44. The normalized spacial score (nSPS) is 15.0. The van der Waals surface area contributed by atoms with Crippen LogP contribution >= 0.6 is 34.8 Å². The molecule has 29 heavy (non-hydrogen) atoms. The molecule has 3 rings (SSSR count). The van der Waals surface area contributed by atoms with Crippen LogP contribution in [0.4, 0.5) is 5.82 Å². The van der Waals surface area contributed by atoms with Crippen LogP contribution in [-0.2, 0) is 9.53 Å². The number of carbonyl (C=O) groups is 2. The van der Waals surface area contributed by atoms with Crippen molar-refractivity contribution < 1.29 is 14.3 Å². The minimum absolute atomic E-state index is 0.156. The fourth-order valence-electron chi connectivity index (χ4n) is 3.16. The van der Waals surface area contributed by atoms with Gasteiger partial charge in [0.1, 0.15) is 0 Å². The molecule has 7 nitrogen and oxygen atoms in total. The van der Waals surface area contributed by atoms with Crippen LogP contribution in [0.25, 0.3) is 11.0 Å². The SMILES string of the molecule is CCOC(=O)c1nc2cc(C)c(C)cc2nc1N1CCN(C(=O)C(Cl)(Cl)Cl)CC1. The molecular formula is C19H21Cl3N4O3. The van der Waals surface area contributed by atoms with Crippen LogP contribution in [0.5, 0.6) is 0 Å². The first-order valence-corrected chi connectivity index (χ1v) is 10.3. The first-order chi connectivity index (χ1) is 13.6. The molecule has 0 spiro atoms. The number of carbonyl (C=O) groups excluding carboxylic acids is 2. The molecule has 1 amide bonds. The van der Waals surface area contributed by atoms with Crippen molar-refractivity contribution in [2.45, 2.75) is 24.6 Å². The van der Waals surface area contributed by atoms with Crippen molar-refractivity contribution in [2.24, 2.45) is 0 Å². The van der Waals surface area contributed by atoms with Crippen LogP contribution in [0.1, 0.15) is 28.5 Å². The molecule has 10 heteroatoms. The highest BCUT2D eigenvalue weighted by molar-refractivity contribution is 6.76. The van der Waals surface area contributed by atoms with E-state index in [1.54, 1.807) is 6.92 Å². The molecule has 1 saturated heterocycles. The summed E-state index contributed by atoms with van der Waals surface area (Å²) in [5.74, 6) is -0.668. The molecule has 0 N–H and O–H groups in total. The van der Waals surface area contributed by atoms with E-state index in [0.717, 1.165) is 11.1 Å². The number of amides is 1. The number of alkyl halides is 3. The number of halogens is 3. The molecule has 0 bridgehead atoms. The Labute approximate surface area is 183 Å². The fraction of sp³-hybridized carbons (Fsp3) is 0.474. The van der Waals surface area contributed by atoms with E-state index in [9.17, 15) is 9.59 Å². The Morgan fingerprint density at radius 1 is 1.03 bits per heavy atom. The van der Waals surface area contributed by atoms with Gasteiger partial charge in [-0.1, -0.05) is 34.8 Å². The van der Waals surface area contributed by atoms with Crippen LogP contribution in [0.2, 0.25) is 0 Å². The second-order valence-electron chi connectivity index (χ2n) is 6.82. The van der Waals surface area contributed by atoms with Crippen LogP contribution in [-0.4, -0.2) is 63.3 Å². The van der Waals surface area contributed by atoms with Crippen molar-refractivity contribution >= 4 is 63.5 Å². The molecule has 0 atom stereocenters. The highest BCUT2D eigenvalue weighted by atomic mass is 35.6. The molecular weight excluding hydrogens is 439 g/mol. The van der Waals surface area contributed by atoms with E-state index in [4.69, 9.17) is 44.5 Å². The number of piperazine rings is 1. The standard InChI is InChI=1S/C19H21Cl3N4O3/c1-4-29-17(27)15-16(24-14-10-12(3)11(2)9-13(14)23-15)25-5-7-26(8-6-25)18(28)19(20,21)22/h9-10H,4-8H2,1-3H3. The van der Waals surface area contributed by atoms with Gasteiger partial charge in [-0.05, 0) is 44.0 Å². The molecule has 0 radical (unpaired) electrons. The van der Waals surface area contributed by atoms with E-state index in [2.05, 4.69) is 4.98 Å². The first kappa shape index (κ1) is 21.9. The first-order valence-electron chi connectivity index (χ1n) is 9.19. The third-order valence-electron chi connectivity index (χ3n) is 4.84. The molecule has 0 saturated carbocycles. The maximum absolute atomic E-state index is 12.5. The summed E-state index contributed by atoms with van der Waals surface area (Å²) in [6, 6.07) is 3.85. The van der Waals surface area contributed by atoms with Crippen LogP contribution in [0.15, 0.2) is 12.1 Å². The quantitative estimate of drug-likeness (QED) is 0.517. The lowest BCUT2D eigenvalue weighted by Crippen LogP contribution is -2.52. The van der Waals surface area contributed by atoms with Gasteiger partial charge < -0.3 is 14.5 Å². The monoisotopic (exact) mass is 458 g/mol. The molecule has 0 aliphatic carbocycles. The smallest absolute Gasteiger partial charge is 0.360 e. The number of hydrogen-bond acceptors (Lipinski definition) is 6. The Hall–Kier alpha value is -1.83. The van der Waals surface area contributed by atoms with Gasteiger partial charge in [0.15, 0.2) is 11.5 Å². The summed E-state index contributed by atoms with van der Waals surface area (Å²) in [6.07, 6.45) is 0. The van der Waals surface area contributed by atoms with Crippen LogP contribution < -0.4 is 4.90 Å². The highest BCUT2D eigenvalue weighted by Gasteiger charge is 2.37. The van der Waals surface area contributed by atoms with E-state index >= 15 is 0 Å². The Morgan fingerprint density at radius 3 is 2.10 bits per heavy atom. The maximum atomic E-state index is 12.5. The van der Waals surface area contributed by atoms with Gasteiger partial charge in [-0.15, -0.1) is 0 Å². The summed E-state index contributed by atoms with van der Waals surface area (Å²) in [4.78, 5) is 37.3. The molecule has 1 aliphatic heterocycles. The molecule has 1 aliphatic rings. The molecule has 2 aromatic rings. The lowest BCUT2D eigenvalue weighted by atomic mass is 10.1. The maximum Gasteiger partial charge on any atom is 0.360 e. The molecule has 1 aromatic carbocycles. The minimum atomic E-state index is -1.99. The average molecular weight is 460 g/mol. The summed E-state index contributed by atoms with van der Waals surface area (Å²) in [7, 11) is 0. The molecule has 1 fully saturated rings. The number of ether oxygens (including phenoxy) is 1. The Morgan fingerprint density at radius 2 is 1.59 bits per heavy atom. The zero-order chi connectivity index (χ0) is 21.3. The number of aromatic nitrogens is 2. The lowest BCUT2D eigenvalue weighted by molar-refractivity contribution is -0.130. The molecule has 1 aromatic heterocycles. The number of hydrogen-bond donors (Lipinski definition) is 0. The number of benzene rings is 1. The topological polar surface area (TPSA) is 75.6 Å². The van der Waals surface area contributed by atoms with Gasteiger partial charge >= 0.3 is 5.97 Å². The molecule has 156 valence electrons. The van der Waals surface area contributed by atoms with Crippen molar-refractivity contribution in [1.29, 1.82) is 0 Å². The zero-order valence-electron chi connectivity index (χ0n) is 16.3. The second-order valence-corrected chi connectivity index (χ2v) is 9.10. The Kier molecular flexibility index (Phi) is 6.41. The van der Waals surface area contributed by atoms with Crippen molar-refractivity contribution in [3.05, 3.63) is 29.0 Å². The average Bonchev–Trinajstić information content (AvgIpc) is 2.67. The molecule has 2 heterocycles. The summed E-state index contributed by atoms with van der Waals surface area (Å²) < 4.78 is 3.19. The highest BCUT2D eigenvalue weighted by Crippen LogP contribution is 2.30. The van der Waals surface area contributed by atoms with Gasteiger partial charge in [0, 0.05) is 26.2 Å². The van der Waals surface area contributed by atoms with Gasteiger partial charge in [0.25, 0.3) is 9.70 Å². The van der Waals surface area contributed by atoms with Gasteiger partial charge in [-0.25, -0.2) is 14.8 Å². The van der Waals surface area contributed by atoms with Gasteiger partial charge in [-0.3, -0.25) is 4.79 Å². The van der Waals surface area contributed by atoms with Crippen LogP contribution in [0.3, 0.4) is 0 Å². The summed E-state index contributed by atoms with van der Waals surface area (Å²) in [6.45, 7) is 7.46. The fourth-order valence-corrected chi connectivity index (χ4v) is 3.52. The molecule has 0 unspecified atom stereocenters. The summed E-state index contributed by atoms with van der Waals surface area (Å²) >= 11 is 17.1. The van der Waals surface area contributed by atoms with Crippen LogP contribution in [0, 0.1) is 13.8 Å². The van der Waals surface area contributed by atoms with Crippen molar-refractivity contribution in [3.63, 3.8) is 0 Å². The minimum Gasteiger partial charge on any atom is -0.461 e. The van der Waals surface area contributed by atoms with Crippen molar-refractivity contribution in [3.8, 4) is 0 Å². The number of rotatable bonds is 3. The van der Waals surface area contributed by atoms with Gasteiger partial charge in [0.05, 0.1) is 17.6 Å². The Bertz CT molecular complexity index is 954.